The van der Waals surface area contributed by atoms with E-state index in [1.807, 2.05) is 0 Å². The number of aromatic nitrogens is 1. The van der Waals surface area contributed by atoms with Crippen LogP contribution in [-0.4, -0.2) is 28.8 Å². The Bertz CT molecular complexity index is 1560. The van der Waals surface area contributed by atoms with Crippen LogP contribution < -0.4 is 14.8 Å². The second kappa shape index (κ2) is 11.2. The van der Waals surface area contributed by atoms with Gasteiger partial charge in [0.05, 0.1) is 22.3 Å². The zero-order valence-corrected chi connectivity index (χ0v) is 21.5. The van der Waals surface area contributed by atoms with E-state index in [1.165, 1.54) is 12.1 Å². The van der Waals surface area contributed by atoms with Crippen LogP contribution in [0, 0.1) is 5.82 Å². The molecule has 1 aliphatic rings. The Kier molecular flexibility index (Phi) is 7.53. The van der Waals surface area contributed by atoms with Crippen LogP contribution in [-0.2, 0) is 4.74 Å². The van der Waals surface area contributed by atoms with E-state index in [2.05, 4.69) is 10.3 Å². The Morgan fingerprint density at radius 1 is 1.03 bits per heavy atom. The van der Waals surface area contributed by atoms with Crippen molar-refractivity contribution in [3.8, 4) is 28.5 Å². The van der Waals surface area contributed by atoms with E-state index in [9.17, 15) is 14.0 Å². The molecule has 1 unspecified atom stereocenters. The number of fused-ring (bicyclic) bond motifs is 1. The molecule has 198 valence electrons. The molecule has 1 aliphatic heterocycles. The molecular weight excluding hydrogens is 550 g/mol. The Balaban J connectivity index is 1.27. The Morgan fingerprint density at radius 3 is 2.56 bits per heavy atom. The van der Waals surface area contributed by atoms with Gasteiger partial charge in [0.15, 0.2) is 0 Å². The number of nitrogens with zero attached hydrogens (tertiary/aromatic N) is 1. The second-order valence-corrected chi connectivity index (χ2v) is 9.26. The summed E-state index contributed by atoms with van der Waals surface area (Å²) in [5.74, 6) is 0.445. The normalized spacial score (nSPS) is 14.1. The van der Waals surface area contributed by atoms with Crippen molar-refractivity contribution in [3.05, 3.63) is 99.8 Å². The SMILES string of the molecule is O=C(O)OC1CCOc2cc(Oc3ccc(C(=O)Nc4cccc(-c5ccc(Cl)c(F)c5)n4)cc3)c(Cl)cc21. The van der Waals surface area contributed by atoms with Gasteiger partial charge in [-0.1, -0.05) is 35.3 Å². The van der Waals surface area contributed by atoms with Crippen LogP contribution in [0.4, 0.5) is 15.0 Å². The van der Waals surface area contributed by atoms with Gasteiger partial charge in [-0.05, 0) is 54.6 Å². The van der Waals surface area contributed by atoms with Crippen molar-refractivity contribution in [2.45, 2.75) is 12.5 Å². The first-order valence-corrected chi connectivity index (χ1v) is 12.4. The van der Waals surface area contributed by atoms with E-state index in [4.69, 9.17) is 42.5 Å². The quantitative estimate of drug-likeness (QED) is 0.229. The highest BCUT2D eigenvalue weighted by molar-refractivity contribution is 6.32. The van der Waals surface area contributed by atoms with Crippen molar-refractivity contribution in [2.24, 2.45) is 0 Å². The number of rotatable bonds is 6. The number of carbonyl (C=O) groups excluding carboxylic acids is 1. The first-order valence-electron chi connectivity index (χ1n) is 11.6. The van der Waals surface area contributed by atoms with Gasteiger partial charge < -0.3 is 24.6 Å². The molecule has 0 saturated heterocycles. The summed E-state index contributed by atoms with van der Waals surface area (Å²) >= 11 is 12.1. The maximum absolute atomic E-state index is 13.8. The third-order valence-corrected chi connectivity index (χ3v) is 6.44. The zero-order chi connectivity index (χ0) is 27.5. The standard InChI is InChI=1S/C28H19Cl2FN2O6/c29-19-9-6-16(12-21(19)31)22-2-1-3-26(32-22)33-27(34)15-4-7-17(8-5-15)38-25-14-24-18(13-20(25)30)23(10-11-37-24)39-28(35)36/h1-9,12-14,23H,10-11H2,(H,35,36)(H,32,33,34). The number of halogens is 3. The predicted octanol–water partition coefficient (Wildman–Crippen LogP) is 7.76. The van der Waals surface area contributed by atoms with Crippen LogP contribution >= 0.6 is 23.2 Å². The number of anilines is 1. The molecule has 2 heterocycles. The van der Waals surface area contributed by atoms with Crippen molar-refractivity contribution in [1.82, 2.24) is 4.98 Å². The number of carboxylic acid groups (broad SMARTS) is 1. The summed E-state index contributed by atoms with van der Waals surface area (Å²) in [5, 5.41) is 11.9. The summed E-state index contributed by atoms with van der Waals surface area (Å²) in [5.41, 5.74) is 1.86. The van der Waals surface area contributed by atoms with Gasteiger partial charge in [0, 0.05) is 29.2 Å². The van der Waals surface area contributed by atoms with E-state index in [1.54, 1.807) is 60.7 Å². The summed E-state index contributed by atoms with van der Waals surface area (Å²) in [7, 11) is 0. The van der Waals surface area contributed by atoms with Crippen LogP contribution in [0.1, 0.15) is 28.4 Å². The molecule has 1 atom stereocenters. The summed E-state index contributed by atoms with van der Waals surface area (Å²) in [4.78, 5) is 28.1. The number of amides is 1. The highest BCUT2D eigenvalue weighted by atomic mass is 35.5. The lowest BCUT2D eigenvalue weighted by molar-refractivity contribution is 0.0326. The number of carbonyl (C=O) groups is 2. The molecule has 0 spiro atoms. The molecule has 0 aliphatic carbocycles. The minimum Gasteiger partial charge on any atom is -0.493 e. The molecule has 0 radical (unpaired) electrons. The first kappa shape index (κ1) is 26.3. The smallest absolute Gasteiger partial charge is 0.493 e. The monoisotopic (exact) mass is 568 g/mol. The van der Waals surface area contributed by atoms with Gasteiger partial charge >= 0.3 is 6.16 Å². The summed E-state index contributed by atoms with van der Waals surface area (Å²) in [6, 6.07) is 18.8. The molecule has 1 aromatic heterocycles. The van der Waals surface area contributed by atoms with E-state index >= 15 is 0 Å². The maximum Gasteiger partial charge on any atom is 0.506 e. The first-order chi connectivity index (χ1) is 18.8. The number of nitrogens with one attached hydrogen (secondary N) is 1. The van der Waals surface area contributed by atoms with Crippen molar-refractivity contribution < 1.29 is 33.3 Å². The number of hydrogen-bond acceptors (Lipinski definition) is 6. The fraction of sp³-hybridized carbons (Fsp3) is 0.107. The van der Waals surface area contributed by atoms with Gasteiger partial charge in [-0.15, -0.1) is 0 Å². The molecule has 8 nitrogen and oxygen atoms in total. The summed E-state index contributed by atoms with van der Waals surface area (Å²) < 4.78 is 30.3. The van der Waals surface area contributed by atoms with Gasteiger partial charge in [-0.3, -0.25) is 4.79 Å². The largest absolute Gasteiger partial charge is 0.506 e. The molecule has 4 aromatic rings. The van der Waals surface area contributed by atoms with E-state index in [-0.39, 0.29) is 16.7 Å². The number of pyridine rings is 1. The lowest BCUT2D eigenvalue weighted by Crippen LogP contribution is -2.18. The number of ether oxygens (including phenoxy) is 3. The fourth-order valence-corrected chi connectivity index (χ4v) is 4.32. The fourth-order valence-electron chi connectivity index (χ4n) is 3.99. The molecule has 3 aromatic carbocycles. The molecule has 5 rings (SSSR count). The van der Waals surface area contributed by atoms with E-state index in [0.717, 1.165) is 0 Å². The number of benzene rings is 3. The molecule has 1 amide bonds. The Morgan fingerprint density at radius 2 is 1.82 bits per heavy atom. The highest BCUT2D eigenvalue weighted by Gasteiger charge is 2.27. The van der Waals surface area contributed by atoms with Crippen molar-refractivity contribution in [3.63, 3.8) is 0 Å². The van der Waals surface area contributed by atoms with Crippen LogP contribution in [0.2, 0.25) is 10.0 Å². The van der Waals surface area contributed by atoms with Gasteiger partial charge in [0.1, 0.15) is 35.0 Å². The van der Waals surface area contributed by atoms with Crippen LogP contribution in [0.15, 0.2) is 72.8 Å². The molecule has 39 heavy (non-hydrogen) atoms. The van der Waals surface area contributed by atoms with Gasteiger partial charge in [0.2, 0.25) is 0 Å². The van der Waals surface area contributed by atoms with E-state index < -0.39 is 24.0 Å². The van der Waals surface area contributed by atoms with Gasteiger partial charge in [-0.25, -0.2) is 14.2 Å². The molecule has 0 saturated carbocycles. The maximum atomic E-state index is 13.8. The number of hydrogen-bond donors (Lipinski definition) is 2. The average molecular weight is 569 g/mol. The lowest BCUT2D eigenvalue weighted by atomic mass is 10.0. The minimum absolute atomic E-state index is 0.0110. The average Bonchev–Trinajstić information content (AvgIpc) is 2.91. The zero-order valence-electron chi connectivity index (χ0n) is 20.0. The third kappa shape index (κ3) is 6.05. The lowest BCUT2D eigenvalue weighted by Gasteiger charge is -2.25. The molecule has 11 heteroatoms. The summed E-state index contributed by atoms with van der Waals surface area (Å²) in [6.45, 7) is 0.282. The summed E-state index contributed by atoms with van der Waals surface area (Å²) in [6.07, 6.45) is -1.69. The Labute approximate surface area is 231 Å². The topological polar surface area (TPSA) is 107 Å². The van der Waals surface area contributed by atoms with Crippen molar-refractivity contribution in [2.75, 3.05) is 11.9 Å². The minimum atomic E-state index is -1.38. The van der Waals surface area contributed by atoms with Crippen molar-refractivity contribution in [1.29, 1.82) is 0 Å². The van der Waals surface area contributed by atoms with Gasteiger partial charge in [0.25, 0.3) is 5.91 Å². The van der Waals surface area contributed by atoms with Gasteiger partial charge in [-0.2, -0.15) is 0 Å². The highest BCUT2D eigenvalue weighted by Crippen LogP contribution is 2.42. The van der Waals surface area contributed by atoms with Crippen LogP contribution in [0.25, 0.3) is 11.3 Å². The molecular formula is C28H19Cl2FN2O6. The molecule has 0 fully saturated rings. The Hall–Kier alpha value is -4.34. The third-order valence-electron chi connectivity index (χ3n) is 5.84. The van der Waals surface area contributed by atoms with Crippen LogP contribution in [0.3, 0.4) is 0 Å². The molecule has 2 N–H and O–H groups in total. The molecule has 0 bridgehead atoms. The van der Waals surface area contributed by atoms with E-state index in [0.29, 0.717) is 51.9 Å². The van der Waals surface area contributed by atoms with Crippen molar-refractivity contribution >= 4 is 41.1 Å². The van der Waals surface area contributed by atoms with Crippen LogP contribution in [0.5, 0.6) is 17.2 Å². The predicted molar refractivity (Wildman–Crippen MR) is 143 cm³/mol. The second-order valence-electron chi connectivity index (χ2n) is 8.45.